The minimum Gasteiger partial charge on any atom is -0.309 e. The van der Waals surface area contributed by atoms with Crippen molar-refractivity contribution in [2.75, 3.05) is 0 Å². The second-order valence-electron chi connectivity index (χ2n) is 5.50. The Morgan fingerprint density at radius 2 is 1.79 bits per heavy atom. The molecule has 1 aliphatic carbocycles. The van der Waals surface area contributed by atoms with Crippen molar-refractivity contribution in [1.29, 1.82) is 0 Å². The van der Waals surface area contributed by atoms with Crippen LogP contribution in [0.3, 0.4) is 0 Å². The molecule has 0 aliphatic heterocycles. The number of hydrogen-bond donors (Lipinski definition) is 1. The summed E-state index contributed by atoms with van der Waals surface area (Å²) in [4.78, 5) is 11.5. The number of Topliss-reactive ketones (excluding diaryl/α,β-unsaturated/α-hetero) is 1. The summed E-state index contributed by atoms with van der Waals surface area (Å²) in [7, 11) is 0. The Kier molecular flexibility index (Phi) is 3.71. The molecule has 1 fully saturated rings. The molecule has 0 saturated heterocycles. The van der Waals surface area contributed by atoms with E-state index >= 15 is 0 Å². The van der Waals surface area contributed by atoms with Crippen molar-refractivity contribution in [3.05, 3.63) is 0 Å². The molecule has 0 amide bonds. The molecule has 0 aromatic heterocycles. The molecule has 1 N–H and O–H groups in total. The van der Waals surface area contributed by atoms with Gasteiger partial charge in [-0.15, -0.1) is 0 Å². The molecule has 2 nitrogen and oxygen atoms in total. The van der Waals surface area contributed by atoms with E-state index in [9.17, 15) is 4.79 Å². The van der Waals surface area contributed by atoms with Crippen LogP contribution in [0.1, 0.15) is 53.4 Å². The normalized spacial score (nSPS) is 28.9. The van der Waals surface area contributed by atoms with Crippen LogP contribution in [-0.4, -0.2) is 17.4 Å². The lowest BCUT2D eigenvalue weighted by Gasteiger charge is -2.36. The number of ketones is 1. The Morgan fingerprint density at radius 1 is 1.21 bits per heavy atom. The zero-order valence-electron chi connectivity index (χ0n) is 9.89. The largest absolute Gasteiger partial charge is 0.309 e. The quantitative estimate of drug-likeness (QED) is 0.737. The van der Waals surface area contributed by atoms with Gasteiger partial charge in [0.2, 0.25) is 0 Å². The standard InChI is InChI=1S/C12H23NO/c1-9(14)10-7-5-6-8-11(10)13-12(2,3)4/h10-11,13H,5-8H2,1-4H3/t10?,11-/m0/s1. The van der Waals surface area contributed by atoms with Crippen LogP contribution in [0.2, 0.25) is 0 Å². The average Bonchev–Trinajstić information content (AvgIpc) is 2.01. The lowest BCUT2D eigenvalue weighted by molar-refractivity contribution is -0.122. The number of hydrogen-bond acceptors (Lipinski definition) is 2. The highest BCUT2D eigenvalue weighted by molar-refractivity contribution is 5.79. The van der Waals surface area contributed by atoms with Gasteiger partial charge < -0.3 is 5.32 Å². The number of carbonyl (C=O) groups is 1. The topological polar surface area (TPSA) is 29.1 Å². The summed E-state index contributed by atoms with van der Waals surface area (Å²) in [6.45, 7) is 8.23. The summed E-state index contributed by atoms with van der Waals surface area (Å²) in [5.41, 5.74) is 0.121. The van der Waals surface area contributed by atoms with Crippen LogP contribution < -0.4 is 5.32 Å². The first-order chi connectivity index (χ1) is 6.40. The third-order valence-corrected chi connectivity index (χ3v) is 2.91. The molecule has 1 rings (SSSR count). The van der Waals surface area contributed by atoms with Crippen LogP contribution >= 0.6 is 0 Å². The maximum Gasteiger partial charge on any atom is 0.134 e. The highest BCUT2D eigenvalue weighted by Crippen LogP contribution is 2.26. The van der Waals surface area contributed by atoms with Gasteiger partial charge in [0.15, 0.2) is 0 Å². The molecular formula is C12H23NO. The minimum atomic E-state index is 0.121. The SMILES string of the molecule is CC(=O)C1CCCC[C@@H]1NC(C)(C)C. The van der Waals surface area contributed by atoms with Gasteiger partial charge in [0.05, 0.1) is 0 Å². The van der Waals surface area contributed by atoms with Gasteiger partial charge in [-0.05, 0) is 40.5 Å². The van der Waals surface area contributed by atoms with E-state index in [2.05, 4.69) is 26.1 Å². The molecule has 2 heteroatoms. The van der Waals surface area contributed by atoms with E-state index in [1.54, 1.807) is 6.92 Å². The molecule has 2 atom stereocenters. The van der Waals surface area contributed by atoms with Crippen LogP contribution in [0.4, 0.5) is 0 Å². The molecule has 14 heavy (non-hydrogen) atoms. The van der Waals surface area contributed by atoms with Crippen LogP contribution in [0.25, 0.3) is 0 Å². The van der Waals surface area contributed by atoms with E-state index in [1.165, 1.54) is 12.8 Å². The Morgan fingerprint density at radius 3 is 2.29 bits per heavy atom. The third-order valence-electron chi connectivity index (χ3n) is 2.91. The highest BCUT2D eigenvalue weighted by Gasteiger charge is 2.30. The van der Waals surface area contributed by atoms with Crippen LogP contribution in [-0.2, 0) is 4.79 Å². The molecule has 0 aromatic carbocycles. The van der Waals surface area contributed by atoms with Crippen molar-refractivity contribution in [2.45, 2.75) is 65.0 Å². The van der Waals surface area contributed by atoms with Gasteiger partial charge in [0, 0.05) is 17.5 Å². The van der Waals surface area contributed by atoms with Crippen molar-refractivity contribution in [1.82, 2.24) is 5.32 Å². The Bertz CT molecular complexity index is 205. The zero-order chi connectivity index (χ0) is 10.8. The fourth-order valence-electron chi connectivity index (χ4n) is 2.35. The predicted molar refractivity (Wildman–Crippen MR) is 59.3 cm³/mol. The second kappa shape index (κ2) is 4.43. The lowest BCUT2D eigenvalue weighted by atomic mass is 9.81. The molecule has 0 bridgehead atoms. The van der Waals surface area contributed by atoms with E-state index in [4.69, 9.17) is 0 Å². The van der Waals surface area contributed by atoms with E-state index in [0.717, 1.165) is 12.8 Å². The minimum absolute atomic E-state index is 0.121. The van der Waals surface area contributed by atoms with Gasteiger partial charge in [-0.3, -0.25) is 4.79 Å². The molecular weight excluding hydrogens is 174 g/mol. The van der Waals surface area contributed by atoms with Crippen LogP contribution in [0.5, 0.6) is 0 Å². The maximum absolute atomic E-state index is 11.5. The monoisotopic (exact) mass is 197 g/mol. The lowest BCUT2D eigenvalue weighted by Crippen LogP contribution is -2.50. The van der Waals surface area contributed by atoms with E-state index in [0.29, 0.717) is 11.8 Å². The Hall–Kier alpha value is -0.370. The van der Waals surface area contributed by atoms with Crippen LogP contribution in [0.15, 0.2) is 0 Å². The summed E-state index contributed by atoms with van der Waals surface area (Å²) in [6.07, 6.45) is 4.70. The highest BCUT2D eigenvalue weighted by atomic mass is 16.1. The van der Waals surface area contributed by atoms with Crippen molar-refractivity contribution in [2.24, 2.45) is 5.92 Å². The first-order valence-electron chi connectivity index (χ1n) is 5.68. The summed E-state index contributed by atoms with van der Waals surface area (Å²) < 4.78 is 0. The Balaban J connectivity index is 2.59. The van der Waals surface area contributed by atoms with Gasteiger partial charge in [-0.2, -0.15) is 0 Å². The predicted octanol–water partition coefficient (Wildman–Crippen LogP) is 2.52. The number of nitrogens with one attached hydrogen (secondary N) is 1. The van der Waals surface area contributed by atoms with Gasteiger partial charge in [0.1, 0.15) is 5.78 Å². The van der Waals surface area contributed by atoms with Crippen molar-refractivity contribution in [3.8, 4) is 0 Å². The smallest absolute Gasteiger partial charge is 0.134 e. The molecule has 82 valence electrons. The van der Waals surface area contributed by atoms with Gasteiger partial charge in [-0.25, -0.2) is 0 Å². The first kappa shape index (κ1) is 11.7. The molecule has 0 radical (unpaired) electrons. The summed E-state index contributed by atoms with van der Waals surface area (Å²) in [5.74, 6) is 0.606. The average molecular weight is 197 g/mol. The first-order valence-corrected chi connectivity index (χ1v) is 5.68. The van der Waals surface area contributed by atoms with Gasteiger partial charge in [0.25, 0.3) is 0 Å². The maximum atomic E-state index is 11.5. The van der Waals surface area contributed by atoms with E-state index < -0.39 is 0 Å². The molecule has 0 heterocycles. The van der Waals surface area contributed by atoms with Gasteiger partial charge in [-0.1, -0.05) is 12.8 Å². The summed E-state index contributed by atoms with van der Waals surface area (Å²) >= 11 is 0. The molecule has 1 aliphatic rings. The van der Waals surface area contributed by atoms with Crippen molar-refractivity contribution in [3.63, 3.8) is 0 Å². The van der Waals surface area contributed by atoms with Crippen molar-refractivity contribution < 1.29 is 4.79 Å². The Labute approximate surface area is 87.5 Å². The molecule has 0 aromatic rings. The van der Waals surface area contributed by atoms with Crippen molar-refractivity contribution >= 4 is 5.78 Å². The third kappa shape index (κ3) is 3.41. The molecule has 0 spiro atoms. The van der Waals surface area contributed by atoms with E-state index in [1.807, 2.05) is 0 Å². The molecule has 1 unspecified atom stereocenters. The summed E-state index contributed by atoms with van der Waals surface area (Å²) in [6, 6.07) is 0.404. The fourth-order valence-corrected chi connectivity index (χ4v) is 2.35. The second-order valence-corrected chi connectivity index (χ2v) is 5.50. The van der Waals surface area contributed by atoms with E-state index in [-0.39, 0.29) is 11.5 Å². The van der Waals surface area contributed by atoms with Gasteiger partial charge >= 0.3 is 0 Å². The fraction of sp³-hybridized carbons (Fsp3) is 0.917. The van der Waals surface area contributed by atoms with Crippen LogP contribution in [0, 0.1) is 5.92 Å². The number of rotatable bonds is 2. The zero-order valence-corrected chi connectivity index (χ0v) is 9.89. The summed E-state index contributed by atoms with van der Waals surface area (Å²) in [5, 5.41) is 3.57. The number of carbonyl (C=O) groups excluding carboxylic acids is 1. The molecule has 1 saturated carbocycles.